The van der Waals surface area contributed by atoms with Crippen LogP contribution in [0.5, 0.6) is 0 Å². The van der Waals surface area contributed by atoms with Crippen LogP contribution in [-0.2, 0) is 19.1 Å². The van der Waals surface area contributed by atoms with Gasteiger partial charge >= 0.3 is 0 Å². The summed E-state index contributed by atoms with van der Waals surface area (Å²) in [6.07, 6.45) is 1.10. The largest absolute Gasteiger partial charge is 0.358 e. The van der Waals surface area contributed by atoms with Crippen LogP contribution in [0.1, 0.15) is 47.5 Å². The van der Waals surface area contributed by atoms with Crippen molar-refractivity contribution in [1.29, 1.82) is 0 Å². The van der Waals surface area contributed by atoms with Crippen molar-refractivity contribution >= 4 is 17.6 Å². The molecule has 0 bridgehead atoms. The van der Waals surface area contributed by atoms with E-state index in [0.29, 0.717) is 12.8 Å². The Morgan fingerprint density at radius 3 is 2.59 bits per heavy atom. The Hall–Kier alpha value is -1.43. The molecule has 2 aliphatic rings. The van der Waals surface area contributed by atoms with Crippen LogP contribution in [0.25, 0.3) is 0 Å². The molecule has 1 aliphatic carbocycles. The zero-order valence-electron chi connectivity index (χ0n) is 13.9. The van der Waals surface area contributed by atoms with Crippen LogP contribution in [0.2, 0.25) is 0 Å². The van der Waals surface area contributed by atoms with Crippen LogP contribution >= 0.6 is 0 Å². The van der Waals surface area contributed by atoms with Crippen molar-refractivity contribution in [1.82, 2.24) is 10.6 Å². The van der Waals surface area contributed by atoms with Crippen molar-refractivity contribution in [2.24, 2.45) is 11.8 Å². The molecular weight excluding hydrogens is 284 g/mol. The molecule has 0 spiro atoms. The fourth-order valence-corrected chi connectivity index (χ4v) is 3.38. The lowest BCUT2D eigenvalue weighted by molar-refractivity contribution is -0.133. The van der Waals surface area contributed by atoms with E-state index in [1.54, 1.807) is 6.92 Å². The molecule has 6 heteroatoms. The van der Waals surface area contributed by atoms with E-state index >= 15 is 0 Å². The van der Waals surface area contributed by atoms with Gasteiger partial charge in [0.2, 0.25) is 11.8 Å². The smallest absolute Gasteiger partial charge is 0.243 e. The van der Waals surface area contributed by atoms with Gasteiger partial charge in [-0.05, 0) is 31.6 Å². The average molecular weight is 310 g/mol. The maximum Gasteiger partial charge on any atom is 0.243 e. The molecule has 1 saturated heterocycles. The van der Waals surface area contributed by atoms with Crippen molar-refractivity contribution in [2.45, 2.75) is 71.2 Å². The van der Waals surface area contributed by atoms with Crippen LogP contribution in [0.3, 0.4) is 0 Å². The predicted molar refractivity (Wildman–Crippen MR) is 81.1 cm³/mol. The second kappa shape index (κ2) is 5.99. The minimum atomic E-state index is -0.739. The van der Waals surface area contributed by atoms with E-state index in [2.05, 4.69) is 10.6 Å². The lowest BCUT2D eigenvalue weighted by Gasteiger charge is -2.29. The van der Waals surface area contributed by atoms with Gasteiger partial charge in [0.15, 0.2) is 11.4 Å². The second-order valence-electron chi connectivity index (χ2n) is 7.17. The number of ether oxygens (including phenoxy) is 1. The number of ketones is 1. The van der Waals surface area contributed by atoms with Crippen LogP contribution in [0, 0.1) is 11.8 Å². The Bertz CT molecular complexity index is 491. The summed E-state index contributed by atoms with van der Waals surface area (Å²) >= 11 is 0. The number of carbonyl (C=O) groups is 3. The number of nitrogens with one attached hydrogen (secondary N) is 2. The summed E-state index contributed by atoms with van der Waals surface area (Å²) in [7, 11) is 0. The van der Waals surface area contributed by atoms with Crippen molar-refractivity contribution in [3.05, 3.63) is 0 Å². The number of epoxide rings is 1. The van der Waals surface area contributed by atoms with Gasteiger partial charge in [0.05, 0.1) is 12.1 Å². The molecule has 1 heterocycles. The second-order valence-corrected chi connectivity index (χ2v) is 7.17. The maximum absolute atomic E-state index is 12.4. The van der Waals surface area contributed by atoms with Crippen LogP contribution in [0.15, 0.2) is 0 Å². The number of amides is 2. The zero-order valence-corrected chi connectivity index (χ0v) is 13.9. The molecule has 0 aromatic carbocycles. The zero-order chi connectivity index (χ0) is 16.7. The van der Waals surface area contributed by atoms with Gasteiger partial charge in [-0.1, -0.05) is 20.8 Å². The molecular formula is C16H26N2O4. The molecule has 0 aromatic rings. The van der Waals surface area contributed by atoms with Gasteiger partial charge in [-0.15, -0.1) is 0 Å². The van der Waals surface area contributed by atoms with E-state index in [1.807, 2.05) is 20.8 Å². The van der Waals surface area contributed by atoms with E-state index in [4.69, 9.17) is 4.74 Å². The van der Waals surface area contributed by atoms with Gasteiger partial charge in [-0.3, -0.25) is 14.4 Å². The Balaban J connectivity index is 2.02. The molecule has 6 nitrogen and oxygen atoms in total. The van der Waals surface area contributed by atoms with Gasteiger partial charge in [0, 0.05) is 6.92 Å². The summed E-state index contributed by atoms with van der Waals surface area (Å²) in [5, 5.41) is 5.47. The normalized spacial score (nSPS) is 34.8. The molecule has 0 radical (unpaired) electrons. The van der Waals surface area contributed by atoms with Gasteiger partial charge in [0.25, 0.3) is 0 Å². The first kappa shape index (κ1) is 16.9. The molecule has 5 atom stereocenters. The van der Waals surface area contributed by atoms with Crippen molar-refractivity contribution < 1.29 is 19.1 Å². The summed E-state index contributed by atoms with van der Waals surface area (Å²) in [4.78, 5) is 36.1. The molecule has 2 N–H and O–H groups in total. The molecule has 2 fully saturated rings. The van der Waals surface area contributed by atoms with E-state index in [0.717, 1.165) is 0 Å². The third kappa shape index (κ3) is 3.32. The number of hydrogen-bond donors (Lipinski definition) is 2. The quantitative estimate of drug-likeness (QED) is 0.735. The summed E-state index contributed by atoms with van der Waals surface area (Å²) in [5.74, 6) is -0.108. The minimum Gasteiger partial charge on any atom is -0.358 e. The van der Waals surface area contributed by atoms with E-state index in [1.165, 1.54) is 6.92 Å². The molecule has 124 valence electrons. The topological polar surface area (TPSA) is 87.8 Å². The van der Waals surface area contributed by atoms with Gasteiger partial charge in [-0.25, -0.2) is 0 Å². The van der Waals surface area contributed by atoms with Crippen LogP contribution in [0.4, 0.5) is 0 Å². The van der Waals surface area contributed by atoms with Gasteiger partial charge in [0.1, 0.15) is 6.04 Å². The standard InChI is InChI=1S/C16H26N2O4/c1-8(2)6-12(17-10(4)19)15(21)18-11-7-9(3)14-16(5,22-14)13(11)20/h8-9,11-12,14H,6-7H2,1-5H3,(H,17,19)(H,18,21)/t9?,11-,12-,14?,16-/m0/s1. The summed E-state index contributed by atoms with van der Waals surface area (Å²) in [5.41, 5.74) is -0.739. The van der Waals surface area contributed by atoms with Crippen molar-refractivity contribution in [3.8, 4) is 0 Å². The highest BCUT2D eigenvalue weighted by Gasteiger charge is 2.65. The first-order valence-corrected chi connectivity index (χ1v) is 7.94. The Morgan fingerprint density at radius 1 is 1.41 bits per heavy atom. The Morgan fingerprint density at radius 2 is 2.05 bits per heavy atom. The van der Waals surface area contributed by atoms with Crippen LogP contribution in [-0.4, -0.2) is 41.4 Å². The lowest BCUT2D eigenvalue weighted by atomic mass is 9.79. The number of rotatable bonds is 5. The minimum absolute atomic E-state index is 0.0186. The molecule has 1 aliphatic heterocycles. The first-order chi connectivity index (χ1) is 10.1. The number of Topliss-reactive ketones (excluding diaryl/α,β-unsaturated/α-hetero) is 1. The van der Waals surface area contributed by atoms with E-state index in [-0.39, 0.29) is 35.5 Å². The number of carbonyl (C=O) groups excluding carboxylic acids is 3. The lowest BCUT2D eigenvalue weighted by Crippen LogP contribution is -2.56. The number of hydrogen-bond acceptors (Lipinski definition) is 4. The highest BCUT2D eigenvalue weighted by atomic mass is 16.6. The fourth-order valence-electron chi connectivity index (χ4n) is 3.38. The highest BCUT2D eigenvalue weighted by molar-refractivity contribution is 5.99. The van der Waals surface area contributed by atoms with Gasteiger partial charge in [-0.2, -0.15) is 0 Å². The molecule has 2 unspecified atom stereocenters. The third-order valence-corrected chi connectivity index (χ3v) is 4.51. The fraction of sp³-hybridized carbons (Fsp3) is 0.812. The van der Waals surface area contributed by atoms with E-state index < -0.39 is 17.7 Å². The Labute approximate surface area is 131 Å². The molecule has 2 amide bonds. The third-order valence-electron chi connectivity index (χ3n) is 4.51. The Kier molecular flexibility index (Phi) is 4.61. The first-order valence-electron chi connectivity index (χ1n) is 7.94. The predicted octanol–water partition coefficient (Wildman–Crippen LogP) is 0.788. The molecule has 2 rings (SSSR count). The van der Waals surface area contributed by atoms with Gasteiger partial charge < -0.3 is 15.4 Å². The summed E-state index contributed by atoms with van der Waals surface area (Å²) in [6.45, 7) is 9.17. The van der Waals surface area contributed by atoms with Crippen LogP contribution < -0.4 is 10.6 Å². The molecule has 0 aromatic heterocycles. The van der Waals surface area contributed by atoms with Crippen molar-refractivity contribution in [3.63, 3.8) is 0 Å². The summed E-state index contributed by atoms with van der Waals surface area (Å²) < 4.78 is 5.52. The van der Waals surface area contributed by atoms with Crippen molar-refractivity contribution in [2.75, 3.05) is 0 Å². The maximum atomic E-state index is 12.4. The molecule has 22 heavy (non-hydrogen) atoms. The monoisotopic (exact) mass is 310 g/mol. The average Bonchev–Trinajstić information content (AvgIpc) is 3.08. The van der Waals surface area contributed by atoms with E-state index in [9.17, 15) is 14.4 Å². The summed E-state index contributed by atoms with van der Waals surface area (Å²) in [6, 6.07) is -1.14. The number of fused-ring (bicyclic) bond motifs is 1. The molecule has 1 saturated carbocycles. The SMILES string of the molecule is CC(=O)N[C@@H](CC(C)C)C(=O)N[C@H]1CC(C)C2O[C@@]2(C)C1=O. The highest BCUT2D eigenvalue weighted by Crippen LogP contribution is 2.48.